The van der Waals surface area contributed by atoms with Gasteiger partial charge in [-0.25, -0.2) is 15.0 Å². The second-order valence-corrected chi connectivity index (χ2v) is 5.57. The fourth-order valence-electron chi connectivity index (χ4n) is 1.80. The Hall–Kier alpha value is -2.05. The fourth-order valence-corrected chi connectivity index (χ4v) is 2.82. The van der Waals surface area contributed by atoms with Gasteiger partial charge in [0, 0.05) is 23.3 Å². The van der Waals surface area contributed by atoms with Gasteiger partial charge in [0.05, 0.1) is 17.9 Å². The van der Waals surface area contributed by atoms with Crippen molar-refractivity contribution in [2.75, 3.05) is 5.32 Å². The molecule has 3 heterocycles. The highest BCUT2D eigenvalue weighted by Gasteiger charge is 2.06. The molecule has 0 amide bonds. The van der Waals surface area contributed by atoms with Gasteiger partial charge in [0.15, 0.2) is 0 Å². The summed E-state index contributed by atoms with van der Waals surface area (Å²) in [4.78, 5) is 17.0. The molecule has 0 aliphatic heterocycles. The smallest absolute Gasteiger partial charge is 0.224 e. The molecule has 3 aromatic heterocycles. The number of thiazole rings is 1. The summed E-state index contributed by atoms with van der Waals surface area (Å²) in [6, 6.07) is 7.63. The van der Waals surface area contributed by atoms with Crippen molar-refractivity contribution in [1.29, 1.82) is 0 Å². The van der Waals surface area contributed by atoms with Gasteiger partial charge in [0.2, 0.25) is 5.28 Å². The predicted octanol–water partition coefficient (Wildman–Crippen LogP) is 3.57. The Morgan fingerprint density at radius 2 is 2.14 bits per heavy atom. The number of anilines is 1. The average Bonchev–Trinajstić information content (AvgIpc) is 2.94. The van der Waals surface area contributed by atoms with E-state index >= 15 is 0 Å². The molecule has 3 aromatic rings. The van der Waals surface area contributed by atoms with Crippen molar-refractivity contribution in [3.63, 3.8) is 0 Å². The molecule has 0 aromatic carbocycles. The lowest BCUT2D eigenvalue weighted by atomic mass is 10.3. The molecule has 3 rings (SSSR count). The molecule has 21 heavy (non-hydrogen) atoms. The topological polar surface area (TPSA) is 63.6 Å². The standard InChI is InChI=1S/C14H12ClN5S/c1-9-6-12(20-14(15)18-9)17-7-10-8-21-13(19-10)11-4-2-3-5-16-11/h2-6,8H,7H2,1H3,(H,17,18,20). The third-order valence-corrected chi connectivity index (χ3v) is 3.80. The molecule has 0 radical (unpaired) electrons. The lowest BCUT2D eigenvalue weighted by molar-refractivity contribution is 1.03. The van der Waals surface area contributed by atoms with Crippen LogP contribution in [0.5, 0.6) is 0 Å². The minimum absolute atomic E-state index is 0.241. The van der Waals surface area contributed by atoms with Crippen LogP contribution in [0.1, 0.15) is 11.4 Å². The van der Waals surface area contributed by atoms with Gasteiger partial charge in [-0.1, -0.05) is 6.07 Å². The number of aryl methyl sites for hydroxylation is 1. The van der Waals surface area contributed by atoms with Crippen LogP contribution >= 0.6 is 22.9 Å². The largest absolute Gasteiger partial charge is 0.364 e. The summed E-state index contributed by atoms with van der Waals surface area (Å²) in [5, 5.41) is 6.35. The summed E-state index contributed by atoms with van der Waals surface area (Å²) in [5.41, 5.74) is 2.65. The molecule has 0 aliphatic carbocycles. The molecule has 0 fully saturated rings. The minimum Gasteiger partial charge on any atom is -0.364 e. The molecule has 0 bridgehead atoms. The predicted molar refractivity (Wildman–Crippen MR) is 84.5 cm³/mol. The normalized spacial score (nSPS) is 10.6. The quantitative estimate of drug-likeness (QED) is 0.745. The minimum atomic E-state index is 0.241. The summed E-state index contributed by atoms with van der Waals surface area (Å²) >= 11 is 7.40. The van der Waals surface area contributed by atoms with E-state index in [0.29, 0.717) is 12.4 Å². The number of nitrogens with one attached hydrogen (secondary N) is 1. The summed E-state index contributed by atoms with van der Waals surface area (Å²) < 4.78 is 0. The van der Waals surface area contributed by atoms with E-state index in [1.807, 2.05) is 36.6 Å². The SMILES string of the molecule is Cc1cc(NCc2csc(-c3ccccn3)n2)nc(Cl)n1. The van der Waals surface area contributed by atoms with Crippen LogP contribution in [0.15, 0.2) is 35.8 Å². The van der Waals surface area contributed by atoms with Gasteiger partial charge in [-0.05, 0) is 30.7 Å². The maximum absolute atomic E-state index is 5.83. The van der Waals surface area contributed by atoms with Crippen molar-refractivity contribution in [3.8, 4) is 10.7 Å². The number of hydrogen-bond donors (Lipinski definition) is 1. The van der Waals surface area contributed by atoms with Crippen LogP contribution in [-0.2, 0) is 6.54 Å². The highest BCUT2D eigenvalue weighted by molar-refractivity contribution is 7.13. The van der Waals surface area contributed by atoms with E-state index in [0.717, 1.165) is 22.1 Å². The Bertz CT molecular complexity index is 724. The van der Waals surface area contributed by atoms with Crippen LogP contribution < -0.4 is 5.32 Å². The van der Waals surface area contributed by atoms with Crippen LogP contribution in [0.3, 0.4) is 0 Å². The molecule has 106 valence electrons. The zero-order chi connectivity index (χ0) is 14.7. The van der Waals surface area contributed by atoms with Gasteiger partial charge < -0.3 is 5.32 Å². The molecule has 0 atom stereocenters. The summed E-state index contributed by atoms with van der Waals surface area (Å²) in [6.07, 6.45) is 1.76. The van der Waals surface area contributed by atoms with Crippen molar-refractivity contribution in [2.45, 2.75) is 13.5 Å². The molecule has 0 aliphatic rings. The molecule has 0 spiro atoms. The van der Waals surface area contributed by atoms with E-state index in [1.165, 1.54) is 0 Å². The van der Waals surface area contributed by atoms with Crippen molar-refractivity contribution < 1.29 is 0 Å². The first-order valence-electron chi connectivity index (χ1n) is 6.31. The van der Waals surface area contributed by atoms with Crippen LogP contribution in [0.2, 0.25) is 5.28 Å². The number of nitrogens with zero attached hydrogens (tertiary/aromatic N) is 4. The third-order valence-electron chi connectivity index (χ3n) is 2.71. The van der Waals surface area contributed by atoms with E-state index in [9.17, 15) is 0 Å². The summed E-state index contributed by atoms with van der Waals surface area (Å²) in [5.74, 6) is 0.694. The van der Waals surface area contributed by atoms with Gasteiger partial charge in [-0.15, -0.1) is 11.3 Å². The zero-order valence-corrected chi connectivity index (χ0v) is 12.8. The van der Waals surface area contributed by atoms with Gasteiger partial charge in [0.25, 0.3) is 0 Å². The maximum atomic E-state index is 5.83. The van der Waals surface area contributed by atoms with Gasteiger partial charge in [0.1, 0.15) is 10.8 Å². The number of hydrogen-bond acceptors (Lipinski definition) is 6. The van der Waals surface area contributed by atoms with Crippen LogP contribution in [0.25, 0.3) is 10.7 Å². The van der Waals surface area contributed by atoms with Crippen LogP contribution in [-0.4, -0.2) is 19.9 Å². The molecule has 7 heteroatoms. The fraction of sp³-hybridized carbons (Fsp3) is 0.143. The molecular weight excluding hydrogens is 306 g/mol. The molecule has 0 saturated carbocycles. The van der Waals surface area contributed by atoms with Gasteiger partial charge in [-0.3, -0.25) is 4.98 Å². The average molecular weight is 318 g/mol. The first-order valence-corrected chi connectivity index (χ1v) is 7.57. The summed E-state index contributed by atoms with van der Waals surface area (Å²) in [6.45, 7) is 2.46. The Kier molecular flexibility index (Phi) is 4.08. The Balaban J connectivity index is 1.70. The lowest BCUT2D eigenvalue weighted by Crippen LogP contribution is -2.03. The van der Waals surface area contributed by atoms with Crippen molar-refractivity contribution in [3.05, 3.63) is 52.5 Å². The van der Waals surface area contributed by atoms with Gasteiger partial charge in [-0.2, -0.15) is 0 Å². The lowest BCUT2D eigenvalue weighted by Gasteiger charge is -2.04. The Labute approximate surface area is 131 Å². The van der Waals surface area contributed by atoms with E-state index in [1.54, 1.807) is 17.5 Å². The van der Waals surface area contributed by atoms with E-state index < -0.39 is 0 Å². The maximum Gasteiger partial charge on any atom is 0.224 e. The van der Waals surface area contributed by atoms with Crippen molar-refractivity contribution in [2.24, 2.45) is 0 Å². The third kappa shape index (κ3) is 3.53. The highest BCUT2D eigenvalue weighted by atomic mass is 35.5. The zero-order valence-electron chi connectivity index (χ0n) is 11.2. The molecule has 0 saturated heterocycles. The molecule has 5 nitrogen and oxygen atoms in total. The van der Waals surface area contributed by atoms with Crippen LogP contribution in [0.4, 0.5) is 5.82 Å². The highest BCUT2D eigenvalue weighted by Crippen LogP contribution is 2.21. The second-order valence-electron chi connectivity index (χ2n) is 4.38. The summed E-state index contributed by atoms with van der Waals surface area (Å²) in [7, 11) is 0. The van der Waals surface area contributed by atoms with Crippen LogP contribution in [0, 0.1) is 6.92 Å². The second kappa shape index (κ2) is 6.15. The van der Waals surface area contributed by atoms with E-state index in [4.69, 9.17) is 11.6 Å². The number of aromatic nitrogens is 4. The monoisotopic (exact) mass is 317 g/mol. The molecule has 0 unspecified atom stereocenters. The van der Waals surface area contributed by atoms with E-state index in [-0.39, 0.29) is 5.28 Å². The first kappa shape index (κ1) is 13.9. The molecule has 1 N–H and O–H groups in total. The Morgan fingerprint density at radius 3 is 2.90 bits per heavy atom. The van der Waals surface area contributed by atoms with Crippen molar-refractivity contribution in [1.82, 2.24) is 19.9 Å². The number of rotatable bonds is 4. The number of pyridine rings is 1. The molecular formula is C14H12ClN5S. The van der Waals surface area contributed by atoms with Crippen molar-refractivity contribution >= 4 is 28.8 Å². The first-order chi connectivity index (χ1) is 10.2. The Morgan fingerprint density at radius 1 is 1.24 bits per heavy atom. The van der Waals surface area contributed by atoms with Gasteiger partial charge >= 0.3 is 0 Å². The number of halogens is 1. The van der Waals surface area contributed by atoms with E-state index in [2.05, 4.69) is 25.3 Å².